The molecule has 3 rings (SSSR count). The van der Waals surface area contributed by atoms with Crippen LogP contribution in [0.25, 0.3) is 11.3 Å². The van der Waals surface area contributed by atoms with Crippen LogP contribution in [0.4, 0.5) is 5.69 Å². The van der Waals surface area contributed by atoms with E-state index >= 15 is 0 Å². The molecule has 3 aromatic rings. The second-order valence-corrected chi connectivity index (χ2v) is 6.19. The van der Waals surface area contributed by atoms with Crippen molar-refractivity contribution in [3.63, 3.8) is 0 Å². The van der Waals surface area contributed by atoms with Crippen LogP contribution in [-0.4, -0.2) is 30.5 Å². The van der Waals surface area contributed by atoms with E-state index < -0.39 is 0 Å². The van der Waals surface area contributed by atoms with Crippen LogP contribution in [0.1, 0.15) is 12.0 Å². The second-order valence-electron chi connectivity index (χ2n) is 6.19. The number of benzene rings is 2. The monoisotopic (exact) mass is 379 g/mol. The Kier molecular flexibility index (Phi) is 7.09. The number of aromatic nitrogens is 2. The van der Waals surface area contributed by atoms with E-state index in [2.05, 4.69) is 16.3 Å². The van der Waals surface area contributed by atoms with Gasteiger partial charge < -0.3 is 19.9 Å². The van der Waals surface area contributed by atoms with Crippen LogP contribution < -0.4 is 15.2 Å². The second kappa shape index (κ2) is 10.2. The van der Waals surface area contributed by atoms with Crippen LogP contribution in [0.5, 0.6) is 11.5 Å². The number of hydrogen-bond donors (Lipinski definition) is 2. The highest BCUT2D eigenvalue weighted by Crippen LogP contribution is 2.22. The SMILES string of the molecule is COc1ccc(N)cc1COC/C=C/CCOc1cccc(-c2ccn[nH]2)c1. The molecule has 0 fully saturated rings. The average molecular weight is 379 g/mol. The van der Waals surface area contributed by atoms with E-state index in [9.17, 15) is 0 Å². The van der Waals surface area contributed by atoms with Crippen molar-refractivity contribution < 1.29 is 14.2 Å². The molecule has 0 spiro atoms. The molecule has 6 nitrogen and oxygen atoms in total. The van der Waals surface area contributed by atoms with Gasteiger partial charge in [-0.05, 0) is 42.8 Å². The fraction of sp³-hybridized carbons (Fsp3) is 0.227. The normalized spacial score (nSPS) is 11.0. The number of rotatable bonds is 10. The lowest BCUT2D eigenvalue weighted by atomic mass is 10.1. The Morgan fingerprint density at radius 3 is 2.86 bits per heavy atom. The number of nitrogens with one attached hydrogen (secondary N) is 1. The van der Waals surface area contributed by atoms with Crippen LogP contribution in [0.15, 0.2) is 66.9 Å². The highest BCUT2D eigenvalue weighted by Gasteiger charge is 2.03. The summed E-state index contributed by atoms with van der Waals surface area (Å²) in [5.41, 5.74) is 9.47. The van der Waals surface area contributed by atoms with E-state index in [-0.39, 0.29) is 0 Å². The number of nitrogens with zero attached hydrogens (tertiary/aromatic N) is 1. The van der Waals surface area contributed by atoms with Crippen molar-refractivity contribution in [3.05, 3.63) is 72.4 Å². The predicted molar refractivity (Wildman–Crippen MR) is 110 cm³/mol. The summed E-state index contributed by atoms with van der Waals surface area (Å²) in [6.45, 7) is 1.58. The smallest absolute Gasteiger partial charge is 0.124 e. The molecule has 0 saturated carbocycles. The van der Waals surface area contributed by atoms with Gasteiger partial charge in [-0.25, -0.2) is 0 Å². The first-order valence-electron chi connectivity index (χ1n) is 9.14. The first-order valence-corrected chi connectivity index (χ1v) is 9.14. The summed E-state index contributed by atoms with van der Waals surface area (Å²) in [5.74, 6) is 1.62. The third-order valence-electron chi connectivity index (χ3n) is 4.14. The Morgan fingerprint density at radius 1 is 1.11 bits per heavy atom. The minimum absolute atomic E-state index is 0.454. The quantitative estimate of drug-likeness (QED) is 0.313. The molecule has 2 aromatic carbocycles. The highest BCUT2D eigenvalue weighted by atomic mass is 16.5. The Labute approximate surface area is 164 Å². The molecule has 1 aromatic heterocycles. The number of aromatic amines is 1. The standard InChI is InChI=1S/C22H25N3O3/c1-26-22-9-8-19(23)14-18(22)16-27-12-3-2-4-13-28-20-7-5-6-17(15-20)21-10-11-24-25-21/h2-3,5-11,14-15H,4,12-13,16,23H2,1H3,(H,24,25)/b3-2+. The predicted octanol–water partition coefficient (Wildman–Crippen LogP) is 4.21. The van der Waals surface area contributed by atoms with Gasteiger partial charge in [0.05, 0.1) is 32.6 Å². The molecule has 0 atom stereocenters. The zero-order valence-electron chi connectivity index (χ0n) is 15.9. The summed E-state index contributed by atoms with van der Waals surface area (Å²) in [6, 6.07) is 15.4. The molecule has 0 amide bonds. The van der Waals surface area contributed by atoms with Gasteiger partial charge in [0.2, 0.25) is 0 Å². The summed E-state index contributed by atoms with van der Waals surface area (Å²) in [5, 5.41) is 6.93. The first-order chi connectivity index (χ1) is 13.8. The van der Waals surface area contributed by atoms with Crippen molar-refractivity contribution in [2.75, 3.05) is 26.1 Å². The van der Waals surface area contributed by atoms with Gasteiger partial charge in [-0.3, -0.25) is 5.10 Å². The molecule has 146 valence electrons. The van der Waals surface area contributed by atoms with Crippen molar-refractivity contribution >= 4 is 5.69 Å². The first kappa shape index (κ1) is 19.5. The number of hydrogen-bond acceptors (Lipinski definition) is 5. The van der Waals surface area contributed by atoms with E-state index in [1.165, 1.54) is 0 Å². The van der Waals surface area contributed by atoms with Crippen LogP contribution in [0.3, 0.4) is 0 Å². The van der Waals surface area contributed by atoms with Crippen molar-refractivity contribution in [2.45, 2.75) is 13.0 Å². The van der Waals surface area contributed by atoms with E-state index in [0.717, 1.165) is 34.7 Å². The molecule has 28 heavy (non-hydrogen) atoms. The van der Waals surface area contributed by atoms with Crippen LogP contribution in [0.2, 0.25) is 0 Å². The summed E-state index contributed by atoms with van der Waals surface area (Å²) < 4.78 is 16.8. The maximum Gasteiger partial charge on any atom is 0.124 e. The molecular weight excluding hydrogens is 354 g/mol. The highest BCUT2D eigenvalue weighted by molar-refractivity contribution is 5.60. The zero-order chi connectivity index (χ0) is 19.6. The van der Waals surface area contributed by atoms with Gasteiger partial charge in [0, 0.05) is 23.0 Å². The fourth-order valence-corrected chi connectivity index (χ4v) is 2.75. The minimum Gasteiger partial charge on any atom is -0.496 e. The average Bonchev–Trinajstić information content (AvgIpc) is 3.25. The van der Waals surface area contributed by atoms with E-state index in [4.69, 9.17) is 19.9 Å². The third-order valence-corrected chi connectivity index (χ3v) is 4.14. The molecule has 0 aliphatic rings. The van der Waals surface area contributed by atoms with Gasteiger partial charge in [0.15, 0.2) is 0 Å². The number of H-pyrrole nitrogens is 1. The van der Waals surface area contributed by atoms with Gasteiger partial charge in [0.1, 0.15) is 11.5 Å². The van der Waals surface area contributed by atoms with Crippen LogP contribution in [0, 0.1) is 0 Å². The van der Waals surface area contributed by atoms with E-state index in [0.29, 0.717) is 25.5 Å². The summed E-state index contributed by atoms with van der Waals surface area (Å²) in [7, 11) is 1.64. The van der Waals surface area contributed by atoms with Crippen LogP contribution >= 0.6 is 0 Å². The summed E-state index contributed by atoms with van der Waals surface area (Å²) in [4.78, 5) is 0. The Balaban J connectivity index is 1.36. The fourth-order valence-electron chi connectivity index (χ4n) is 2.75. The Hall–Kier alpha value is -3.25. The van der Waals surface area contributed by atoms with E-state index in [1.807, 2.05) is 54.6 Å². The van der Waals surface area contributed by atoms with Gasteiger partial charge in [0.25, 0.3) is 0 Å². The lowest BCUT2D eigenvalue weighted by molar-refractivity contribution is 0.146. The summed E-state index contributed by atoms with van der Waals surface area (Å²) >= 11 is 0. The molecule has 0 bridgehead atoms. The molecule has 0 radical (unpaired) electrons. The van der Waals surface area contributed by atoms with Gasteiger partial charge in [-0.2, -0.15) is 5.10 Å². The van der Waals surface area contributed by atoms with E-state index in [1.54, 1.807) is 13.3 Å². The maximum absolute atomic E-state index is 5.81. The molecular formula is C22H25N3O3. The molecule has 0 aliphatic carbocycles. The van der Waals surface area contributed by atoms with Gasteiger partial charge in [-0.1, -0.05) is 24.3 Å². The largest absolute Gasteiger partial charge is 0.496 e. The lowest BCUT2D eigenvalue weighted by Gasteiger charge is -2.09. The Morgan fingerprint density at radius 2 is 2.04 bits per heavy atom. The van der Waals surface area contributed by atoms with Crippen molar-refractivity contribution in [3.8, 4) is 22.8 Å². The third kappa shape index (κ3) is 5.62. The number of ether oxygens (including phenoxy) is 3. The number of nitrogen functional groups attached to an aromatic ring is 1. The molecule has 1 heterocycles. The number of anilines is 1. The minimum atomic E-state index is 0.454. The maximum atomic E-state index is 5.81. The van der Waals surface area contributed by atoms with Crippen molar-refractivity contribution in [1.29, 1.82) is 0 Å². The summed E-state index contributed by atoms with van der Waals surface area (Å²) in [6.07, 6.45) is 6.58. The number of methoxy groups -OCH3 is 1. The lowest BCUT2D eigenvalue weighted by Crippen LogP contribution is -1.99. The molecule has 0 unspecified atom stereocenters. The topological polar surface area (TPSA) is 82.4 Å². The van der Waals surface area contributed by atoms with Crippen molar-refractivity contribution in [2.24, 2.45) is 0 Å². The molecule has 0 saturated heterocycles. The zero-order valence-corrected chi connectivity index (χ0v) is 15.9. The molecule has 6 heteroatoms. The van der Waals surface area contributed by atoms with Gasteiger partial charge in [-0.15, -0.1) is 0 Å². The van der Waals surface area contributed by atoms with Gasteiger partial charge >= 0.3 is 0 Å². The Bertz CT molecular complexity index is 892. The van der Waals surface area contributed by atoms with Crippen molar-refractivity contribution in [1.82, 2.24) is 10.2 Å². The van der Waals surface area contributed by atoms with Crippen LogP contribution in [-0.2, 0) is 11.3 Å². The molecule has 0 aliphatic heterocycles. The molecule has 3 N–H and O–H groups in total. The number of nitrogens with two attached hydrogens (primary N) is 1.